The highest BCUT2D eigenvalue weighted by Gasteiger charge is 2.06. The molecule has 4 nitrogen and oxygen atoms in total. The highest BCUT2D eigenvalue weighted by atomic mass is 16.5. The van der Waals surface area contributed by atoms with E-state index in [1.165, 1.54) is 5.56 Å². The number of aliphatic hydroxyl groups excluding tert-OH is 1. The van der Waals surface area contributed by atoms with Crippen molar-refractivity contribution in [3.63, 3.8) is 0 Å². The Morgan fingerprint density at radius 3 is 2.48 bits per heavy atom. The van der Waals surface area contributed by atoms with Crippen molar-refractivity contribution in [2.24, 2.45) is 0 Å². The van der Waals surface area contributed by atoms with Crippen LogP contribution in [0.25, 0.3) is 0 Å². The highest BCUT2D eigenvalue weighted by molar-refractivity contribution is 5.27. The van der Waals surface area contributed by atoms with E-state index in [1.54, 1.807) is 0 Å². The van der Waals surface area contributed by atoms with Crippen LogP contribution in [0.5, 0.6) is 5.75 Å². The summed E-state index contributed by atoms with van der Waals surface area (Å²) in [6, 6.07) is 8.52. The van der Waals surface area contributed by atoms with Crippen molar-refractivity contribution in [2.45, 2.75) is 45.8 Å². The van der Waals surface area contributed by atoms with Gasteiger partial charge < -0.3 is 19.9 Å². The second-order valence-electron chi connectivity index (χ2n) is 5.29. The Morgan fingerprint density at radius 1 is 1.14 bits per heavy atom. The lowest BCUT2D eigenvalue weighted by molar-refractivity contribution is 0.0241. The molecule has 0 radical (unpaired) electrons. The molecule has 0 spiro atoms. The van der Waals surface area contributed by atoms with E-state index in [-0.39, 0.29) is 0 Å². The molecule has 2 N–H and O–H groups in total. The largest absolute Gasteiger partial charge is 0.491 e. The van der Waals surface area contributed by atoms with Crippen molar-refractivity contribution in [3.05, 3.63) is 29.8 Å². The summed E-state index contributed by atoms with van der Waals surface area (Å²) in [6.45, 7) is 8.23. The van der Waals surface area contributed by atoms with Crippen LogP contribution in [0.3, 0.4) is 0 Å². The summed E-state index contributed by atoms with van der Waals surface area (Å²) < 4.78 is 11.0. The number of aryl methyl sites for hydroxylation is 1. The predicted molar refractivity (Wildman–Crippen MR) is 85.9 cm³/mol. The first kappa shape index (κ1) is 18.0. The van der Waals surface area contributed by atoms with Gasteiger partial charge in [0, 0.05) is 12.6 Å². The van der Waals surface area contributed by atoms with Gasteiger partial charge in [-0.1, -0.05) is 26.0 Å². The van der Waals surface area contributed by atoms with Gasteiger partial charge >= 0.3 is 0 Å². The Labute approximate surface area is 128 Å². The van der Waals surface area contributed by atoms with E-state index in [0.29, 0.717) is 32.4 Å². The number of hydrogen-bond acceptors (Lipinski definition) is 4. The maximum absolute atomic E-state index is 9.74. The summed E-state index contributed by atoms with van der Waals surface area (Å²) >= 11 is 0. The van der Waals surface area contributed by atoms with E-state index in [0.717, 1.165) is 18.6 Å². The van der Waals surface area contributed by atoms with Crippen molar-refractivity contribution >= 4 is 0 Å². The molecule has 1 aromatic carbocycles. The van der Waals surface area contributed by atoms with Gasteiger partial charge in [0.25, 0.3) is 0 Å². The molecule has 0 saturated carbocycles. The third-order valence-corrected chi connectivity index (χ3v) is 3.45. The lowest BCUT2D eigenvalue weighted by atomic mass is 10.2. The van der Waals surface area contributed by atoms with Crippen LogP contribution in [0.15, 0.2) is 24.3 Å². The molecule has 0 bridgehead atoms. The van der Waals surface area contributed by atoms with E-state index in [1.807, 2.05) is 12.1 Å². The minimum atomic E-state index is -0.470. The lowest BCUT2D eigenvalue weighted by Crippen LogP contribution is -2.35. The van der Waals surface area contributed by atoms with Gasteiger partial charge in [-0.25, -0.2) is 0 Å². The molecule has 4 heteroatoms. The van der Waals surface area contributed by atoms with Crippen LogP contribution in [-0.4, -0.2) is 43.6 Å². The number of rotatable bonds is 11. The van der Waals surface area contributed by atoms with Crippen molar-refractivity contribution in [3.8, 4) is 5.75 Å². The maximum atomic E-state index is 9.74. The third kappa shape index (κ3) is 8.05. The van der Waals surface area contributed by atoms with E-state index >= 15 is 0 Å². The molecule has 120 valence electrons. The molecule has 0 aliphatic heterocycles. The third-order valence-electron chi connectivity index (χ3n) is 3.45. The zero-order valence-corrected chi connectivity index (χ0v) is 13.5. The zero-order chi connectivity index (χ0) is 15.5. The lowest BCUT2D eigenvalue weighted by Gasteiger charge is -2.16. The highest BCUT2D eigenvalue weighted by Crippen LogP contribution is 2.12. The van der Waals surface area contributed by atoms with E-state index in [2.05, 4.69) is 38.2 Å². The summed E-state index contributed by atoms with van der Waals surface area (Å²) in [5.74, 6) is 0.856. The summed E-state index contributed by atoms with van der Waals surface area (Å²) in [4.78, 5) is 0. The van der Waals surface area contributed by atoms with E-state index in [4.69, 9.17) is 9.47 Å². The smallest absolute Gasteiger partial charge is 0.119 e. The fourth-order valence-corrected chi connectivity index (χ4v) is 1.80. The SMILES string of the molecule is CCc1ccc(OCCOC[C@H](O)CN[C@@H](C)CC)cc1. The molecular weight excluding hydrogens is 266 g/mol. The van der Waals surface area contributed by atoms with Gasteiger partial charge in [0.1, 0.15) is 12.4 Å². The number of nitrogens with one attached hydrogen (secondary N) is 1. The Hall–Kier alpha value is -1.10. The Morgan fingerprint density at radius 2 is 1.86 bits per heavy atom. The summed E-state index contributed by atoms with van der Waals surface area (Å²) in [7, 11) is 0. The second-order valence-corrected chi connectivity index (χ2v) is 5.29. The van der Waals surface area contributed by atoms with Crippen LogP contribution < -0.4 is 10.1 Å². The maximum Gasteiger partial charge on any atom is 0.119 e. The van der Waals surface area contributed by atoms with E-state index < -0.39 is 6.10 Å². The van der Waals surface area contributed by atoms with Crippen molar-refractivity contribution in [2.75, 3.05) is 26.4 Å². The first-order chi connectivity index (χ1) is 10.2. The van der Waals surface area contributed by atoms with Gasteiger partial charge in [0.15, 0.2) is 0 Å². The fraction of sp³-hybridized carbons (Fsp3) is 0.647. The van der Waals surface area contributed by atoms with Crippen molar-refractivity contribution < 1.29 is 14.6 Å². The molecule has 0 amide bonds. The fourth-order valence-electron chi connectivity index (χ4n) is 1.80. The van der Waals surface area contributed by atoms with Crippen LogP contribution in [0.4, 0.5) is 0 Å². The van der Waals surface area contributed by atoms with Gasteiger partial charge in [0.2, 0.25) is 0 Å². The molecule has 0 aliphatic carbocycles. The predicted octanol–water partition coefficient (Wildman–Crippen LogP) is 2.39. The molecule has 1 aromatic rings. The van der Waals surface area contributed by atoms with Crippen molar-refractivity contribution in [1.29, 1.82) is 0 Å². The van der Waals surface area contributed by atoms with Gasteiger partial charge in [0.05, 0.1) is 19.3 Å². The van der Waals surface area contributed by atoms with Gasteiger partial charge in [-0.15, -0.1) is 0 Å². The molecule has 0 heterocycles. The molecule has 0 unspecified atom stereocenters. The number of ether oxygens (including phenoxy) is 2. The topological polar surface area (TPSA) is 50.7 Å². The number of benzene rings is 1. The minimum Gasteiger partial charge on any atom is -0.491 e. The van der Waals surface area contributed by atoms with Gasteiger partial charge in [-0.2, -0.15) is 0 Å². The molecule has 1 rings (SSSR count). The summed E-state index contributed by atoms with van der Waals surface area (Å²) in [5, 5.41) is 13.0. The van der Waals surface area contributed by atoms with Crippen LogP contribution in [-0.2, 0) is 11.2 Å². The first-order valence-corrected chi connectivity index (χ1v) is 7.86. The molecule has 0 fully saturated rings. The summed E-state index contributed by atoms with van der Waals surface area (Å²) in [5.41, 5.74) is 1.30. The van der Waals surface area contributed by atoms with Gasteiger partial charge in [-0.05, 0) is 37.5 Å². The molecule has 21 heavy (non-hydrogen) atoms. The zero-order valence-electron chi connectivity index (χ0n) is 13.5. The van der Waals surface area contributed by atoms with Crippen LogP contribution in [0, 0.1) is 0 Å². The standard InChI is InChI=1S/C17H29NO3/c1-4-14(3)18-12-16(19)13-20-10-11-21-17-8-6-15(5-2)7-9-17/h6-9,14,16,18-19H,4-5,10-13H2,1-3H3/t14-,16+/m0/s1. The van der Waals surface area contributed by atoms with Crippen LogP contribution >= 0.6 is 0 Å². The summed E-state index contributed by atoms with van der Waals surface area (Å²) in [6.07, 6.45) is 1.62. The molecule has 0 aliphatic rings. The normalized spacial score (nSPS) is 13.9. The van der Waals surface area contributed by atoms with Gasteiger partial charge in [-0.3, -0.25) is 0 Å². The Kier molecular flexibility index (Phi) is 9.06. The van der Waals surface area contributed by atoms with Crippen LogP contribution in [0.1, 0.15) is 32.8 Å². The van der Waals surface area contributed by atoms with Crippen LogP contribution in [0.2, 0.25) is 0 Å². The second kappa shape index (κ2) is 10.6. The number of aliphatic hydroxyl groups is 1. The van der Waals surface area contributed by atoms with E-state index in [9.17, 15) is 5.11 Å². The first-order valence-electron chi connectivity index (χ1n) is 7.86. The van der Waals surface area contributed by atoms with Crippen molar-refractivity contribution in [1.82, 2.24) is 5.32 Å². The average Bonchev–Trinajstić information content (AvgIpc) is 2.52. The monoisotopic (exact) mass is 295 g/mol. The number of hydrogen-bond donors (Lipinski definition) is 2. The molecule has 0 saturated heterocycles. The quantitative estimate of drug-likeness (QED) is 0.616. The molecular formula is C17H29NO3. The minimum absolute atomic E-state index is 0.335. The Balaban J connectivity index is 2.05. The molecule has 2 atom stereocenters. The average molecular weight is 295 g/mol. The molecule has 0 aromatic heterocycles. The Bertz CT molecular complexity index is 367.